The first-order valence-corrected chi connectivity index (χ1v) is 11.1. The fourth-order valence-corrected chi connectivity index (χ4v) is 3.86. The molecule has 180 valence electrons. The highest BCUT2D eigenvalue weighted by Crippen LogP contribution is 2.38. The van der Waals surface area contributed by atoms with Crippen LogP contribution in [-0.4, -0.2) is 30.6 Å². The SMILES string of the molecule is Oc1cccc(CCc2cc(Oc3cccc(CCc4cc(O)c(O)c(O)c4)c3)c(O)cc2O)c1. The van der Waals surface area contributed by atoms with Gasteiger partial charge in [0.2, 0.25) is 0 Å². The highest BCUT2D eigenvalue weighted by atomic mass is 16.5. The van der Waals surface area contributed by atoms with Crippen LogP contribution in [0.2, 0.25) is 0 Å². The van der Waals surface area contributed by atoms with Crippen LogP contribution in [0.3, 0.4) is 0 Å². The molecule has 0 atom stereocenters. The van der Waals surface area contributed by atoms with Crippen molar-refractivity contribution in [2.75, 3.05) is 0 Å². The van der Waals surface area contributed by atoms with Crippen molar-refractivity contribution in [2.45, 2.75) is 25.7 Å². The van der Waals surface area contributed by atoms with Crippen molar-refractivity contribution in [3.05, 3.63) is 95.1 Å². The zero-order valence-electron chi connectivity index (χ0n) is 18.8. The molecule has 4 aromatic rings. The Kier molecular flexibility index (Phi) is 6.87. The molecule has 0 aliphatic carbocycles. The van der Waals surface area contributed by atoms with Crippen molar-refractivity contribution in [1.29, 1.82) is 0 Å². The van der Waals surface area contributed by atoms with Gasteiger partial charge < -0.3 is 35.4 Å². The molecule has 0 heterocycles. The quantitative estimate of drug-likeness (QED) is 0.192. The second-order valence-corrected chi connectivity index (χ2v) is 8.35. The summed E-state index contributed by atoms with van der Waals surface area (Å²) in [5, 5.41) is 59.1. The van der Waals surface area contributed by atoms with Crippen molar-refractivity contribution >= 4 is 0 Å². The highest BCUT2D eigenvalue weighted by molar-refractivity contribution is 5.52. The zero-order chi connectivity index (χ0) is 24.9. The molecule has 7 nitrogen and oxygen atoms in total. The van der Waals surface area contributed by atoms with Crippen molar-refractivity contribution in [3.8, 4) is 46.0 Å². The molecule has 4 aromatic carbocycles. The summed E-state index contributed by atoms with van der Waals surface area (Å²) in [4.78, 5) is 0. The van der Waals surface area contributed by atoms with E-state index in [1.807, 2.05) is 24.3 Å². The Labute approximate surface area is 202 Å². The van der Waals surface area contributed by atoms with Gasteiger partial charge >= 0.3 is 0 Å². The average molecular weight is 475 g/mol. The van der Waals surface area contributed by atoms with E-state index in [1.165, 1.54) is 18.2 Å². The van der Waals surface area contributed by atoms with Gasteiger partial charge in [-0.1, -0.05) is 24.3 Å². The van der Waals surface area contributed by atoms with Crippen LogP contribution in [0.15, 0.2) is 72.8 Å². The zero-order valence-corrected chi connectivity index (χ0v) is 18.8. The lowest BCUT2D eigenvalue weighted by Crippen LogP contribution is -1.95. The Hall–Kier alpha value is -4.52. The lowest BCUT2D eigenvalue weighted by atomic mass is 10.0. The number of ether oxygens (including phenoxy) is 1. The van der Waals surface area contributed by atoms with Gasteiger partial charge in [-0.25, -0.2) is 0 Å². The minimum atomic E-state index is -0.542. The molecule has 0 saturated carbocycles. The predicted octanol–water partition coefficient (Wildman–Crippen LogP) is 5.28. The van der Waals surface area contributed by atoms with E-state index in [-0.39, 0.29) is 34.5 Å². The van der Waals surface area contributed by atoms with Gasteiger partial charge in [0.1, 0.15) is 17.2 Å². The van der Waals surface area contributed by atoms with Crippen LogP contribution in [0, 0.1) is 0 Å². The molecule has 0 unspecified atom stereocenters. The average Bonchev–Trinajstić information content (AvgIpc) is 2.82. The molecule has 4 rings (SSSR count). The maximum absolute atomic E-state index is 10.3. The minimum absolute atomic E-state index is 0.0378. The molecule has 0 radical (unpaired) electrons. The molecular formula is C28H26O7. The first-order chi connectivity index (χ1) is 16.8. The molecule has 0 aromatic heterocycles. The van der Waals surface area contributed by atoms with Crippen LogP contribution in [0.1, 0.15) is 22.3 Å². The van der Waals surface area contributed by atoms with Crippen LogP contribution >= 0.6 is 0 Å². The Morgan fingerprint density at radius 3 is 1.86 bits per heavy atom. The van der Waals surface area contributed by atoms with E-state index >= 15 is 0 Å². The summed E-state index contributed by atoms with van der Waals surface area (Å²) in [6.07, 6.45) is 2.16. The molecule has 35 heavy (non-hydrogen) atoms. The Morgan fingerprint density at radius 2 is 1.14 bits per heavy atom. The summed E-state index contributed by atoms with van der Waals surface area (Å²) in [6.45, 7) is 0. The Balaban J connectivity index is 1.46. The van der Waals surface area contributed by atoms with E-state index in [1.54, 1.807) is 30.3 Å². The van der Waals surface area contributed by atoms with E-state index in [2.05, 4.69) is 0 Å². The number of phenols is 6. The summed E-state index contributed by atoms with van der Waals surface area (Å²) in [6, 6.07) is 19.9. The first-order valence-electron chi connectivity index (χ1n) is 11.1. The van der Waals surface area contributed by atoms with Gasteiger partial charge in [-0.3, -0.25) is 0 Å². The number of rotatable bonds is 8. The van der Waals surface area contributed by atoms with Crippen molar-refractivity contribution < 1.29 is 35.4 Å². The number of aryl methyl sites for hydroxylation is 4. The molecule has 0 aliphatic rings. The molecule has 0 spiro atoms. The number of benzene rings is 4. The van der Waals surface area contributed by atoms with Crippen LogP contribution in [0.5, 0.6) is 46.0 Å². The lowest BCUT2D eigenvalue weighted by molar-refractivity contribution is 0.367. The third-order valence-electron chi connectivity index (χ3n) is 5.71. The molecule has 0 fully saturated rings. The number of hydrogen-bond donors (Lipinski definition) is 6. The smallest absolute Gasteiger partial charge is 0.200 e. The van der Waals surface area contributed by atoms with Crippen molar-refractivity contribution in [2.24, 2.45) is 0 Å². The second-order valence-electron chi connectivity index (χ2n) is 8.35. The Morgan fingerprint density at radius 1 is 0.514 bits per heavy atom. The van der Waals surface area contributed by atoms with Crippen LogP contribution in [0.25, 0.3) is 0 Å². The molecule has 0 bridgehead atoms. The second kappa shape index (κ2) is 10.2. The van der Waals surface area contributed by atoms with Gasteiger partial charge in [-0.05, 0) is 90.4 Å². The van der Waals surface area contributed by atoms with E-state index in [0.29, 0.717) is 42.6 Å². The van der Waals surface area contributed by atoms with Gasteiger partial charge in [-0.15, -0.1) is 0 Å². The third-order valence-corrected chi connectivity index (χ3v) is 5.71. The van der Waals surface area contributed by atoms with Gasteiger partial charge in [-0.2, -0.15) is 0 Å². The molecule has 0 amide bonds. The summed E-state index contributed by atoms with van der Waals surface area (Å²) in [5.41, 5.74) is 3.11. The summed E-state index contributed by atoms with van der Waals surface area (Å²) < 4.78 is 5.91. The fraction of sp³-hybridized carbons (Fsp3) is 0.143. The molecule has 7 heteroatoms. The number of phenolic OH excluding ortho intramolecular Hbond substituents is 6. The van der Waals surface area contributed by atoms with Crippen LogP contribution < -0.4 is 4.74 Å². The van der Waals surface area contributed by atoms with Crippen molar-refractivity contribution in [3.63, 3.8) is 0 Å². The van der Waals surface area contributed by atoms with E-state index in [4.69, 9.17) is 4.74 Å². The maximum Gasteiger partial charge on any atom is 0.200 e. The highest BCUT2D eigenvalue weighted by Gasteiger charge is 2.12. The molecule has 0 saturated heterocycles. The van der Waals surface area contributed by atoms with Gasteiger partial charge in [0.25, 0.3) is 0 Å². The lowest BCUT2D eigenvalue weighted by Gasteiger charge is -2.13. The fourth-order valence-electron chi connectivity index (χ4n) is 3.86. The summed E-state index contributed by atoms with van der Waals surface area (Å²) >= 11 is 0. The summed E-state index contributed by atoms with van der Waals surface area (Å²) in [5.74, 6) is -0.634. The van der Waals surface area contributed by atoms with Crippen LogP contribution in [0.4, 0.5) is 0 Å². The van der Waals surface area contributed by atoms with Gasteiger partial charge in [0.05, 0.1) is 0 Å². The third kappa shape index (κ3) is 5.89. The molecule has 6 N–H and O–H groups in total. The van der Waals surface area contributed by atoms with Gasteiger partial charge in [0, 0.05) is 6.07 Å². The largest absolute Gasteiger partial charge is 0.508 e. The predicted molar refractivity (Wildman–Crippen MR) is 131 cm³/mol. The van der Waals surface area contributed by atoms with Crippen LogP contribution in [-0.2, 0) is 25.7 Å². The van der Waals surface area contributed by atoms with Crippen molar-refractivity contribution in [1.82, 2.24) is 0 Å². The number of aromatic hydroxyl groups is 6. The standard InChI is InChI=1S/C28H26O7/c29-21-5-1-3-17(11-21)9-10-20-15-27(24(31)16-23(20)30)35-22-6-2-4-18(12-22)7-8-19-13-25(32)28(34)26(33)14-19/h1-6,11-16,29-34H,7-10H2. The monoisotopic (exact) mass is 474 g/mol. The molecule has 0 aliphatic heterocycles. The normalized spacial score (nSPS) is 10.9. The summed E-state index contributed by atoms with van der Waals surface area (Å²) in [7, 11) is 0. The topological polar surface area (TPSA) is 131 Å². The van der Waals surface area contributed by atoms with E-state index in [0.717, 1.165) is 11.1 Å². The molecular weight excluding hydrogens is 448 g/mol. The van der Waals surface area contributed by atoms with E-state index < -0.39 is 5.75 Å². The minimum Gasteiger partial charge on any atom is -0.508 e. The first kappa shape index (κ1) is 23.6. The van der Waals surface area contributed by atoms with Gasteiger partial charge in [0.15, 0.2) is 28.7 Å². The maximum atomic E-state index is 10.3. The Bertz CT molecular complexity index is 1320. The number of hydrogen-bond acceptors (Lipinski definition) is 7. The van der Waals surface area contributed by atoms with E-state index in [9.17, 15) is 30.6 Å².